The predicted molar refractivity (Wildman–Crippen MR) is 61.7 cm³/mol. The lowest BCUT2D eigenvalue weighted by Gasteiger charge is -2.25. The Morgan fingerprint density at radius 1 is 1.31 bits per heavy atom. The fraction of sp³-hybridized carbons (Fsp3) is 0.818. The maximum absolute atomic E-state index is 11.9. The molecule has 5 heteroatoms. The Hall–Kier alpha value is -1.10. The van der Waals surface area contributed by atoms with Crippen LogP contribution in [0.2, 0.25) is 0 Å². The summed E-state index contributed by atoms with van der Waals surface area (Å²) in [6.07, 6.45) is 3.39. The Morgan fingerprint density at radius 3 is 2.25 bits per heavy atom. The highest BCUT2D eigenvalue weighted by atomic mass is 16.2. The maximum atomic E-state index is 11.9. The van der Waals surface area contributed by atoms with Crippen molar-refractivity contribution < 1.29 is 9.59 Å². The van der Waals surface area contributed by atoms with Gasteiger partial charge in [-0.25, -0.2) is 0 Å². The molecule has 1 unspecified atom stereocenters. The zero-order valence-corrected chi connectivity index (χ0v) is 10.2. The first kappa shape index (κ1) is 13.0. The summed E-state index contributed by atoms with van der Waals surface area (Å²) in [5.41, 5.74) is 5.23. The number of hydrogen-bond acceptors (Lipinski definition) is 3. The molecule has 5 nitrogen and oxygen atoms in total. The second kappa shape index (κ2) is 4.82. The minimum absolute atomic E-state index is 0.116. The standard InChI is InChI=1S/C11H21N3O2/c1-8(9(15)14(2)3)13-10(16)11(12)6-4-5-7-11/h8H,4-7,12H2,1-3H3,(H,13,16). The SMILES string of the molecule is CC(NC(=O)C1(N)CCCC1)C(=O)N(C)C. The molecule has 16 heavy (non-hydrogen) atoms. The summed E-state index contributed by atoms with van der Waals surface area (Å²) >= 11 is 0. The lowest BCUT2D eigenvalue weighted by atomic mass is 9.97. The summed E-state index contributed by atoms with van der Waals surface area (Å²) in [4.78, 5) is 24.9. The van der Waals surface area contributed by atoms with E-state index in [1.54, 1.807) is 21.0 Å². The van der Waals surface area contributed by atoms with Gasteiger partial charge in [-0.15, -0.1) is 0 Å². The molecule has 0 saturated heterocycles. The zero-order valence-electron chi connectivity index (χ0n) is 10.2. The lowest BCUT2D eigenvalue weighted by molar-refractivity contribution is -0.135. The van der Waals surface area contributed by atoms with Crippen molar-refractivity contribution in [2.24, 2.45) is 5.73 Å². The van der Waals surface area contributed by atoms with Gasteiger partial charge in [-0.2, -0.15) is 0 Å². The largest absolute Gasteiger partial charge is 0.347 e. The van der Waals surface area contributed by atoms with Gasteiger partial charge in [0.1, 0.15) is 6.04 Å². The van der Waals surface area contributed by atoms with E-state index in [9.17, 15) is 9.59 Å². The van der Waals surface area contributed by atoms with Crippen molar-refractivity contribution in [1.29, 1.82) is 0 Å². The number of carbonyl (C=O) groups is 2. The molecule has 0 aromatic carbocycles. The van der Waals surface area contributed by atoms with Crippen LogP contribution in [0.4, 0.5) is 0 Å². The van der Waals surface area contributed by atoms with Gasteiger partial charge in [-0.05, 0) is 19.8 Å². The molecule has 1 aliphatic carbocycles. The van der Waals surface area contributed by atoms with Gasteiger partial charge in [0.15, 0.2) is 0 Å². The number of rotatable bonds is 3. The van der Waals surface area contributed by atoms with Crippen LogP contribution >= 0.6 is 0 Å². The molecule has 3 N–H and O–H groups in total. The molecular weight excluding hydrogens is 206 g/mol. The van der Waals surface area contributed by atoms with Crippen LogP contribution < -0.4 is 11.1 Å². The molecular formula is C11H21N3O2. The average molecular weight is 227 g/mol. The van der Waals surface area contributed by atoms with Gasteiger partial charge < -0.3 is 16.0 Å². The molecule has 1 fully saturated rings. The minimum Gasteiger partial charge on any atom is -0.347 e. The van der Waals surface area contributed by atoms with E-state index in [1.807, 2.05) is 0 Å². The van der Waals surface area contributed by atoms with Crippen LogP contribution in [-0.2, 0) is 9.59 Å². The monoisotopic (exact) mass is 227 g/mol. The molecule has 0 bridgehead atoms. The highest BCUT2D eigenvalue weighted by Crippen LogP contribution is 2.27. The summed E-state index contributed by atoms with van der Waals surface area (Å²) in [7, 11) is 3.33. The van der Waals surface area contributed by atoms with E-state index in [4.69, 9.17) is 5.73 Å². The van der Waals surface area contributed by atoms with Gasteiger partial charge in [0, 0.05) is 14.1 Å². The third-order valence-corrected chi connectivity index (χ3v) is 3.11. The van der Waals surface area contributed by atoms with Crippen LogP contribution in [0.1, 0.15) is 32.6 Å². The van der Waals surface area contributed by atoms with Gasteiger partial charge in [0.25, 0.3) is 0 Å². The highest BCUT2D eigenvalue weighted by Gasteiger charge is 2.38. The van der Waals surface area contributed by atoms with Crippen LogP contribution in [0.25, 0.3) is 0 Å². The Morgan fingerprint density at radius 2 is 1.81 bits per heavy atom. The van der Waals surface area contributed by atoms with Crippen LogP contribution in [0.5, 0.6) is 0 Å². The smallest absolute Gasteiger partial charge is 0.244 e. The predicted octanol–water partition coefficient (Wildman–Crippen LogP) is -0.149. The van der Waals surface area contributed by atoms with Crippen molar-refractivity contribution in [1.82, 2.24) is 10.2 Å². The van der Waals surface area contributed by atoms with Crippen molar-refractivity contribution in [2.75, 3.05) is 14.1 Å². The van der Waals surface area contributed by atoms with E-state index in [-0.39, 0.29) is 11.8 Å². The first-order valence-electron chi connectivity index (χ1n) is 5.68. The van der Waals surface area contributed by atoms with E-state index in [0.717, 1.165) is 12.8 Å². The molecule has 0 aromatic rings. The molecule has 1 atom stereocenters. The Kier molecular flexibility index (Phi) is 3.91. The summed E-state index contributed by atoms with van der Waals surface area (Å²) in [6.45, 7) is 1.68. The fourth-order valence-corrected chi connectivity index (χ4v) is 2.02. The number of likely N-dealkylation sites (N-methyl/N-ethyl adjacent to an activating group) is 1. The van der Waals surface area contributed by atoms with E-state index < -0.39 is 11.6 Å². The molecule has 0 heterocycles. The van der Waals surface area contributed by atoms with Crippen molar-refractivity contribution in [3.8, 4) is 0 Å². The van der Waals surface area contributed by atoms with Crippen molar-refractivity contribution in [3.05, 3.63) is 0 Å². The van der Waals surface area contributed by atoms with Crippen LogP contribution in [0.15, 0.2) is 0 Å². The molecule has 0 spiro atoms. The van der Waals surface area contributed by atoms with E-state index in [1.165, 1.54) is 4.90 Å². The molecule has 1 saturated carbocycles. The van der Waals surface area contributed by atoms with Gasteiger partial charge in [-0.1, -0.05) is 12.8 Å². The quantitative estimate of drug-likeness (QED) is 0.704. The van der Waals surface area contributed by atoms with Gasteiger partial charge in [0.2, 0.25) is 11.8 Å². The van der Waals surface area contributed by atoms with Crippen molar-refractivity contribution in [2.45, 2.75) is 44.2 Å². The summed E-state index contributed by atoms with van der Waals surface area (Å²) in [5, 5.41) is 2.69. The molecule has 0 aliphatic heterocycles. The second-order valence-electron chi connectivity index (χ2n) is 4.79. The normalized spacial score (nSPS) is 20.2. The maximum Gasteiger partial charge on any atom is 0.244 e. The molecule has 1 aliphatic rings. The van der Waals surface area contributed by atoms with Crippen LogP contribution in [0.3, 0.4) is 0 Å². The number of nitrogens with one attached hydrogen (secondary N) is 1. The lowest BCUT2D eigenvalue weighted by Crippen LogP contribution is -2.56. The molecule has 2 amide bonds. The van der Waals surface area contributed by atoms with E-state index >= 15 is 0 Å². The van der Waals surface area contributed by atoms with E-state index in [2.05, 4.69) is 5.32 Å². The summed E-state index contributed by atoms with van der Waals surface area (Å²) in [5.74, 6) is -0.317. The number of carbonyl (C=O) groups excluding carboxylic acids is 2. The molecule has 0 aromatic heterocycles. The molecule has 0 radical (unpaired) electrons. The number of hydrogen-bond donors (Lipinski definition) is 2. The topological polar surface area (TPSA) is 75.4 Å². The van der Waals surface area contributed by atoms with Gasteiger partial charge >= 0.3 is 0 Å². The highest BCUT2D eigenvalue weighted by molar-refractivity contribution is 5.91. The zero-order chi connectivity index (χ0) is 12.3. The summed E-state index contributed by atoms with van der Waals surface area (Å²) < 4.78 is 0. The second-order valence-corrected chi connectivity index (χ2v) is 4.79. The minimum atomic E-state index is -0.763. The number of nitrogens with zero attached hydrogens (tertiary/aromatic N) is 1. The third kappa shape index (κ3) is 2.72. The Labute approximate surface area is 96.4 Å². The number of amides is 2. The first-order chi connectivity index (χ1) is 7.37. The Balaban J connectivity index is 2.54. The summed E-state index contributed by atoms with van der Waals surface area (Å²) in [6, 6.07) is -0.511. The first-order valence-corrected chi connectivity index (χ1v) is 5.68. The number of nitrogens with two attached hydrogens (primary N) is 1. The van der Waals surface area contributed by atoms with Crippen molar-refractivity contribution in [3.63, 3.8) is 0 Å². The van der Waals surface area contributed by atoms with E-state index in [0.29, 0.717) is 12.8 Å². The fourth-order valence-electron chi connectivity index (χ4n) is 2.02. The third-order valence-electron chi connectivity index (χ3n) is 3.11. The van der Waals surface area contributed by atoms with Crippen LogP contribution in [0, 0.1) is 0 Å². The molecule has 1 rings (SSSR count). The van der Waals surface area contributed by atoms with Gasteiger partial charge in [-0.3, -0.25) is 9.59 Å². The van der Waals surface area contributed by atoms with Crippen molar-refractivity contribution >= 4 is 11.8 Å². The van der Waals surface area contributed by atoms with Crippen LogP contribution in [-0.4, -0.2) is 42.4 Å². The average Bonchev–Trinajstić information content (AvgIpc) is 2.65. The van der Waals surface area contributed by atoms with Gasteiger partial charge in [0.05, 0.1) is 5.54 Å². The Bertz CT molecular complexity index is 283. The molecule has 92 valence electrons.